The monoisotopic (exact) mass is 248 g/mol. The van der Waals surface area contributed by atoms with Crippen molar-refractivity contribution >= 4 is 16.7 Å². The number of nitrogens with two attached hydrogens (primary N) is 1. The molecule has 0 aliphatic carbocycles. The van der Waals surface area contributed by atoms with E-state index < -0.39 is 16.0 Å². The van der Waals surface area contributed by atoms with Crippen LogP contribution in [0.1, 0.15) is 40.0 Å². The van der Waals surface area contributed by atoms with Gasteiger partial charge in [0.15, 0.2) is 0 Å². The van der Waals surface area contributed by atoms with Crippen molar-refractivity contribution < 1.29 is 9.00 Å². The first-order valence-corrected chi connectivity index (χ1v) is 7.19. The number of carbonyl (C=O) groups is 1. The molecule has 16 heavy (non-hydrogen) atoms. The molecule has 0 fully saturated rings. The van der Waals surface area contributed by atoms with Crippen LogP contribution in [0.15, 0.2) is 0 Å². The van der Waals surface area contributed by atoms with Crippen LogP contribution in [-0.2, 0) is 15.6 Å². The molecule has 3 N–H and O–H groups in total. The van der Waals surface area contributed by atoms with Crippen molar-refractivity contribution in [2.24, 2.45) is 5.73 Å². The van der Waals surface area contributed by atoms with Gasteiger partial charge in [-0.25, -0.2) is 0 Å². The van der Waals surface area contributed by atoms with Gasteiger partial charge in [-0.15, -0.1) is 0 Å². The topological polar surface area (TPSA) is 72.2 Å². The number of carbonyl (C=O) groups excluding carboxylic acids is 1. The first kappa shape index (κ1) is 15.6. The van der Waals surface area contributed by atoms with Gasteiger partial charge in [0, 0.05) is 22.6 Å². The van der Waals surface area contributed by atoms with Crippen LogP contribution < -0.4 is 11.1 Å². The summed E-state index contributed by atoms with van der Waals surface area (Å²) in [5.41, 5.74) is 5.41. The third-order valence-corrected chi connectivity index (χ3v) is 4.46. The molecule has 0 aliphatic heterocycles. The molecular formula is C11H24N2O2S. The quantitative estimate of drug-likeness (QED) is 0.623. The van der Waals surface area contributed by atoms with Crippen LogP contribution in [0, 0.1) is 0 Å². The fourth-order valence-corrected chi connectivity index (χ4v) is 2.70. The summed E-state index contributed by atoms with van der Waals surface area (Å²) in [7, 11) is -1.14. The summed E-state index contributed by atoms with van der Waals surface area (Å²) in [6.07, 6.45) is 2.70. The molecule has 0 aliphatic rings. The van der Waals surface area contributed by atoms with Crippen molar-refractivity contribution in [3.05, 3.63) is 0 Å². The molecule has 0 spiro atoms. The molecular weight excluding hydrogens is 224 g/mol. The summed E-state index contributed by atoms with van der Waals surface area (Å²) in [5.74, 6) is -0.115. The number of hydrogen-bond acceptors (Lipinski definition) is 3. The maximum Gasteiger partial charge on any atom is 0.235 e. The molecule has 0 saturated heterocycles. The Kier molecular flexibility index (Phi) is 8.47. The summed E-state index contributed by atoms with van der Waals surface area (Å²) in [6, 6.07) is 0. The molecule has 4 nitrogen and oxygen atoms in total. The van der Waals surface area contributed by atoms with Gasteiger partial charge in [0.25, 0.3) is 0 Å². The second kappa shape index (κ2) is 8.70. The van der Waals surface area contributed by atoms with E-state index in [0.29, 0.717) is 19.5 Å². The third kappa shape index (κ3) is 5.61. The molecule has 1 amide bonds. The lowest BCUT2D eigenvalue weighted by atomic mass is 10.3. The van der Waals surface area contributed by atoms with E-state index >= 15 is 0 Å². The van der Waals surface area contributed by atoms with Crippen LogP contribution in [-0.4, -0.2) is 33.7 Å². The molecule has 96 valence electrons. The van der Waals surface area contributed by atoms with E-state index in [1.165, 1.54) is 0 Å². The number of amides is 1. The second-order valence-corrected chi connectivity index (χ2v) is 6.17. The highest BCUT2D eigenvalue weighted by Crippen LogP contribution is 2.07. The summed E-state index contributed by atoms with van der Waals surface area (Å²) in [5, 5.41) is 2.34. The molecule has 3 unspecified atom stereocenters. The van der Waals surface area contributed by atoms with Crippen LogP contribution in [0.2, 0.25) is 0 Å². The Morgan fingerprint density at radius 3 is 2.56 bits per heavy atom. The highest BCUT2D eigenvalue weighted by molar-refractivity contribution is 7.87. The van der Waals surface area contributed by atoms with Crippen molar-refractivity contribution in [2.75, 3.05) is 13.1 Å². The van der Waals surface area contributed by atoms with E-state index in [0.717, 1.165) is 12.8 Å². The second-order valence-electron chi connectivity index (χ2n) is 4.00. The molecule has 5 heteroatoms. The maximum absolute atomic E-state index is 11.9. The molecule has 0 radical (unpaired) electrons. The molecule has 3 atom stereocenters. The Balaban J connectivity index is 4.05. The van der Waals surface area contributed by atoms with E-state index in [1.54, 1.807) is 6.92 Å². The van der Waals surface area contributed by atoms with Crippen molar-refractivity contribution in [1.82, 2.24) is 5.32 Å². The van der Waals surface area contributed by atoms with Gasteiger partial charge in [-0.1, -0.05) is 20.3 Å². The Hall–Kier alpha value is -0.420. The first-order valence-electron chi connectivity index (χ1n) is 5.91. The van der Waals surface area contributed by atoms with Gasteiger partial charge in [-0.2, -0.15) is 0 Å². The average molecular weight is 248 g/mol. The number of hydrogen-bond donors (Lipinski definition) is 2. The van der Waals surface area contributed by atoms with Crippen molar-refractivity contribution in [3.8, 4) is 0 Å². The summed E-state index contributed by atoms with van der Waals surface area (Å²) < 4.78 is 11.9. The number of rotatable bonds is 8. The van der Waals surface area contributed by atoms with E-state index in [9.17, 15) is 9.00 Å². The first-order chi connectivity index (χ1) is 7.54. The van der Waals surface area contributed by atoms with E-state index in [4.69, 9.17) is 5.73 Å². The van der Waals surface area contributed by atoms with E-state index in [1.807, 2.05) is 6.92 Å². The van der Waals surface area contributed by atoms with Gasteiger partial charge >= 0.3 is 0 Å². The number of unbranched alkanes of at least 4 members (excludes halogenated alkanes) is 1. The number of nitrogens with one attached hydrogen (secondary N) is 1. The minimum absolute atomic E-state index is 0.0167. The highest BCUT2D eigenvalue weighted by Gasteiger charge is 2.23. The Bertz CT molecular complexity index is 234. The minimum atomic E-state index is -1.14. The van der Waals surface area contributed by atoms with Gasteiger partial charge in [0.2, 0.25) is 5.91 Å². The van der Waals surface area contributed by atoms with Gasteiger partial charge in [0.1, 0.15) is 5.25 Å². The predicted octanol–water partition coefficient (Wildman–Crippen LogP) is 0.777. The lowest BCUT2D eigenvalue weighted by Gasteiger charge is -2.16. The molecule has 0 rings (SSSR count). The molecule has 0 aromatic heterocycles. The largest absolute Gasteiger partial charge is 0.355 e. The van der Waals surface area contributed by atoms with Crippen molar-refractivity contribution in [2.45, 2.75) is 50.5 Å². The van der Waals surface area contributed by atoms with Crippen LogP contribution in [0.3, 0.4) is 0 Å². The van der Waals surface area contributed by atoms with Crippen molar-refractivity contribution in [3.63, 3.8) is 0 Å². The van der Waals surface area contributed by atoms with Crippen molar-refractivity contribution in [1.29, 1.82) is 0 Å². The summed E-state index contributed by atoms with van der Waals surface area (Å²) in [6.45, 7) is 6.83. The average Bonchev–Trinajstić information content (AvgIpc) is 2.27. The smallest absolute Gasteiger partial charge is 0.235 e. The predicted molar refractivity (Wildman–Crippen MR) is 68.7 cm³/mol. The van der Waals surface area contributed by atoms with Crippen LogP contribution >= 0.6 is 0 Å². The molecule has 0 saturated carbocycles. The zero-order valence-corrected chi connectivity index (χ0v) is 11.3. The van der Waals surface area contributed by atoms with Gasteiger partial charge < -0.3 is 11.1 Å². The summed E-state index contributed by atoms with van der Waals surface area (Å²) >= 11 is 0. The lowest BCUT2D eigenvalue weighted by Crippen LogP contribution is -2.38. The lowest BCUT2D eigenvalue weighted by molar-refractivity contribution is -0.120. The SMILES string of the molecule is CCCCNC(=O)C(C)S(=O)C(C)CCN. The fraction of sp³-hybridized carbons (Fsp3) is 0.909. The van der Waals surface area contributed by atoms with Gasteiger partial charge in [-0.05, 0) is 26.3 Å². The molecule has 0 heterocycles. The Labute approximate surface area is 101 Å². The zero-order valence-electron chi connectivity index (χ0n) is 10.5. The van der Waals surface area contributed by atoms with Crippen LogP contribution in [0.5, 0.6) is 0 Å². The van der Waals surface area contributed by atoms with Crippen LogP contribution in [0.4, 0.5) is 0 Å². The summed E-state index contributed by atoms with van der Waals surface area (Å²) in [4.78, 5) is 11.6. The van der Waals surface area contributed by atoms with Gasteiger partial charge in [0.05, 0.1) is 0 Å². The van der Waals surface area contributed by atoms with Gasteiger partial charge in [-0.3, -0.25) is 9.00 Å². The Morgan fingerprint density at radius 1 is 1.44 bits per heavy atom. The standard InChI is InChI=1S/C11H24N2O2S/c1-4-5-8-13-11(14)10(3)16(15)9(2)6-7-12/h9-10H,4-8,12H2,1-3H3,(H,13,14). The minimum Gasteiger partial charge on any atom is -0.355 e. The molecule has 0 bridgehead atoms. The molecule has 0 aromatic carbocycles. The van der Waals surface area contributed by atoms with Crippen LogP contribution in [0.25, 0.3) is 0 Å². The zero-order chi connectivity index (χ0) is 12.6. The fourth-order valence-electron chi connectivity index (χ4n) is 1.34. The highest BCUT2D eigenvalue weighted by atomic mass is 32.2. The third-order valence-electron chi connectivity index (χ3n) is 2.52. The maximum atomic E-state index is 11.9. The molecule has 0 aromatic rings. The normalized spacial score (nSPS) is 16.5. The van der Waals surface area contributed by atoms with E-state index in [-0.39, 0.29) is 11.2 Å². The Morgan fingerprint density at radius 2 is 2.06 bits per heavy atom. The van der Waals surface area contributed by atoms with E-state index in [2.05, 4.69) is 12.2 Å².